The molecule has 1 fully saturated rings. The van der Waals surface area contributed by atoms with Gasteiger partial charge in [0, 0.05) is 12.7 Å². The van der Waals surface area contributed by atoms with Crippen molar-refractivity contribution in [2.45, 2.75) is 38.2 Å². The number of ether oxygens (including phenoxy) is 1. The number of methoxy groups -OCH3 is 1. The molecule has 0 N–H and O–H groups in total. The maximum atomic E-state index is 14.9. The first-order chi connectivity index (χ1) is 14.7. The van der Waals surface area contributed by atoms with Crippen molar-refractivity contribution in [1.29, 1.82) is 0 Å². The van der Waals surface area contributed by atoms with Crippen LogP contribution in [0.15, 0.2) is 79.4 Å². The smallest absolute Gasteiger partial charge is 0.131 e. The molecule has 1 aliphatic carbocycles. The van der Waals surface area contributed by atoms with Gasteiger partial charge in [-0.15, -0.1) is 6.58 Å². The SMILES string of the molecule is C=CC1CCC(c2ccc(-c3ccc(-c4ccc(COC)cc4)cc3)c(F)c2)CC1. The Kier molecular flexibility index (Phi) is 6.44. The third-order valence-corrected chi connectivity index (χ3v) is 6.36. The van der Waals surface area contributed by atoms with Gasteiger partial charge in [-0.1, -0.05) is 66.7 Å². The lowest BCUT2D eigenvalue weighted by Gasteiger charge is -2.27. The monoisotopic (exact) mass is 400 g/mol. The second-order valence-electron chi connectivity index (χ2n) is 8.29. The Morgan fingerprint density at radius 3 is 2.03 bits per heavy atom. The van der Waals surface area contributed by atoms with E-state index in [0.29, 0.717) is 24.0 Å². The molecule has 1 saturated carbocycles. The molecule has 1 aliphatic rings. The van der Waals surface area contributed by atoms with Crippen molar-refractivity contribution >= 4 is 0 Å². The van der Waals surface area contributed by atoms with Crippen LogP contribution in [0.1, 0.15) is 42.7 Å². The van der Waals surface area contributed by atoms with Crippen molar-refractivity contribution in [3.63, 3.8) is 0 Å². The van der Waals surface area contributed by atoms with E-state index in [1.807, 2.05) is 18.2 Å². The van der Waals surface area contributed by atoms with E-state index in [9.17, 15) is 4.39 Å². The van der Waals surface area contributed by atoms with Crippen LogP contribution in [-0.4, -0.2) is 7.11 Å². The average Bonchev–Trinajstić information content (AvgIpc) is 2.80. The predicted octanol–water partition coefficient (Wildman–Crippen LogP) is 7.77. The highest BCUT2D eigenvalue weighted by Gasteiger charge is 2.21. The molecule has 0 radical (unpaired) electrons. The Morgan fingerprint density at radius 2 is 1.47 bits per heavy atom. The number of hydrogen-bond acceptors (Lipinski definition) is 1. The molecule has 0 aromatic heterocycles. The first kappa shape index (κ1) is 20.6. The van der Waals surface area contributed by atoms with E-state index in [-0.39, 0.29) is 5.82 Å². The van der Waals surface area contributed by atoms with Crippen molar-refractivity contribution in [3.05, 3.63) is 96.3 Å². The van der Waals surface area contributed by atoms with Crippen LogP contribution in [0.4, 0.5) is 4.39 Å². The summed E-state index contributed by atoms with van der Waals surface area (Å²) in [5.41, 5.74) is 6.13. The zero-order valence-electron chi connectivity index (χ0n) is 17.6. The third-order valence-electron chi connectivity index (χ3n) is 6.36. The molecule has 0 saturated heterocycles. The van der Waals surface area contributed by atoms with Gasteiger partial charge in [0.1, 0.15) is 5.82 Å². The minimum Gasteiger partial charge on any atom is -0.380 e. The van der Waals surface area contributed by atoms with E-state index in [1.165, 1.54) is 0 Å². The maximum Gasteiger partial charge on any atom is 0.131 e. The molecule has 0 heterocycles. The maximum absolute atomic E-state index is 14.9. The number of hydrogen-bond donors (Lipinski definition) is 0. The molecule has 1 nitrogen and oxygen atoms in total. The second kappa shape index (κ2) is 9.40. The molecule has 4 rings (SSSR count). The summed E-state index contributed by atoms with van der Waals surface area (Å²) in [4.78, 5) is 0. The van der Waals surface area contributed by atoms with Gasteiger partial charge in [-0.25, -0.2) is 4.39 Å². The van der Waals surface area contributed by atoms with Gasteiger partial charge in [0.2, 0.25) is 0 Å². The first-order valence-corrected chi connectivity index (χ1v) is 10.8. The molecule has 0 spiro atoms. The van der Waals surface area contributed by atoms with Crippen molar-refractivity contribution in [1.82, 2.24) is 0 Å². The minimum atomic E-state index is -0.130. The fraction of sp³-hybridized carbons (Fsp3) is 0.286. The van der Waals surface area contributed by atoms with Crippen molar-refractivity contribution in [2.75, 3.05) is 7.11 Å². The van der Waals surface area contributed by atoms with Crippen molar-refractivity contribution in [3.8, 4) is 22.3 Å². The van der Waals surface area contributed by atoms with Gasteiger partial charge in [-0.3, -0.25) is 0 Å². The zero-order valence-corrected chi connectivity index (χ0v) is 17.6. The fourth-order valence-corrected chi connectivity index (χ4v) is 4.51. The Bertz CT molecular complexity index is 980. The van der Waals surface area contributed by atoms with E-state index in [1.54, 1.807) is 13.2 Å². The van der Waals surface area contributed by atoms with Crippen LogP contribution < -0.4 is 0 Å². The summed E-state index contributed by atoms with van der Waals surface area (Å²) in [6.07, 6.45) is 6.62. The van der Waals surface area contributed by atoms with Crippen LogP contribution in [0.3, 0.4) is 0 Å². The zero-order chi connectivity index (χ0) is 20.9. The molecule has 0 aliphatic heterocycles. The van der Waals surface area contributed by atoms with E-state index in [0.717, 1.165) is 53.5 Å². The lowest BCUT2D eigenvalue weighted by atomic mass is 9.78. The molecular weight excluding hydrogens is 371 g/mol. The van der Waals surface area contributed by atoms with Crippen LogP contribution >= 0.6 is 0 Å². The van der Waals surface area contributed by atoms with Gasteiger partial charge in [0.05, 0.1) is 6.61 Å². The summed E-state index contributed by atoms with van der Waals surface area (Å²) in [5, 5.41) is 0. The van der Waals surface area contributed by atoms with Gasteiger partial charge in [0.25, 0.3) is 0 Å². The summed E-state index contributed by atoms with van der Waals surface area (Å²) in [5.74, 6) is 0.961. The highest BCUT2D eigenvalue weighted by molar-refractivity contribution is 5.71. The number of benzene rings is 3. The summed E-state index contributed by atoms with van der Waals surface area (Å²) < 4.78 is 20.1. The molecule has 0 bridgehead atoms. The lowest BCUT2D eigenvalue weighted by molar-refractivity contribution is 0.185. The Morgan fingerprint density at radius 1 is 0.867 bits per heavy atom. The van der Waals surface area contributed by atoms with Crippen LogP contribution in [-0.2, 0) is 11.3 Å². The highest BCUT2D eigenvalue weighted by atomic mass is 19.1. The quantitative estimate of drug-likeness (QED) is 0.384. The molecule has 154 valence electrons. The third kappa shape index (κ3) is 4.55. The molecule has 2 heteroatoms. The van der Waals surface area contributed by atoms with E-state index >= 15 is 0 Å². The normalized spacial score (nSPS) is 18.9. The Labute approximate surface area is 179 Å². The average molecular weight is 401 g/mol. The van der Waals surface area contributed by atoms with Crippen LogP contribution in [0, 0.1) is 11.7 Å². The van der Waals surface area contributed by atoms with Gasteiger partial charge >= 0.3 is 0 Å². The Balaban J connectivity index is 1.49. The molecular formula is C28H29FO. The fourth-order valence-electron chi connectivity index (χ4n) is 4.51. The molecule has 3 aromatic carbocycles. The number of allylic oxidation sites excluding steroid dienone is 1. The largest absolute Gasteiger partial charge is 0.380 e. The summed E-state index contributed by atoms with van der Waals surface area (Å²) in [7, 11) is 1.70. The van der Waals surface area contributed by atoms with E-state index in [4.69, 9.17) is 4.74 Å². The number of rotatable bonds is 6. The molecule has 0 atom stereocenters. The van der Waals surface area contributed by atoms with E-state index in [2.05, 4.69) is 55.1 Å². The Hall–Kier alpha value is -2.71. The van der Waals surface area contributed by atoms with Crippen molar-refractivity contribution in [2.24, 2.45) is 5.92 Å². The predicted molar refractivity (Wildman–Crippen MR) is 123 cm³/mol. The second-order valence-corrected chi connectivity index (χ2v) is 8.29. The number of halogens is 1. The first-order valence-electron chi connectivity index (χ1n) is 10.8. The van der Waals surface area contributed by atoms with Gasteiger partial charge in [0.15, 0.2) is 0 Å². The highest BCUT2D eigenvalue weighted by Crippen LogP contribution is 2.37. The minimum absolute atomic E-state index is 0.130. The summed E-state index contributed by atoms with van der Waals surface area (Å²) >= 11 is 0. The van der Waals surface area contributed by atoms with E-state index < -0.39 is 0 Å². The molecule has 3 aromatic rings. The molecule has 30 heavy (non-hydrogen) atoms. The van der Waals surface area contributed by atoms with Crippen LogP contribution in [0.25, 0.3) is 22.3 Å². The van der Waals surface area contributed by atoms with Crippen LogP contribution in [0.5, 0.6) is 0 Å². The van der Waals surface area contributed by atoms with Crippen molar-refractivity contribution < 1.29 is 9.13 Å². The van der Waals surface area contributed by atoms with Gasteiger partial charge in [-0.05, 0) is 71.4 Å². The summed E-state index contributed by atoms with van der Waals surface area (Å²) in [6.45, 7) is 4.53. The summed E-state index contributed by atoms with van der Waals surface area (Å²) in [6, 6.07) is 22.3. The lowest BCUT2D eigenvalue weighted by Crippen LogP contribution is -2.11. The molecule has 0 unspecified atom stereocenters. The topological polar surface area (TPSA) is 9.23 Å². The van der Waals surface area contributed by atoms with Crippen LogP contribution in [0.2, 0.25) is 0 Å². The standard InChI is InChI=1S/C28H29FO/c1-3-20-4-8-24(9-5-20)26-16-17-27(28(29)18-26)25-14-12-23(13-15-25)22-10-6-21(7-11-22)19-30-2/h3,6-7,10-18,20,24H,1,4-5,8-9,19H2,2H3. The molecule has 0 amide bonds. The van der Waals surface area contributed by atoms with Gasteiger partial charge in [-0.2, -0.15) is 0 Å². The van der Waals surface area contributed by atoms with Gasteiger partial charge < -0.3 is 4.74 Å².